The zero-order chi connectivity index (χ0) is 19.2. The molecule has 6 heteroatoms. The van der Waals surface area contributed by atoms with Crippen LogP contribution in [0, 0.1) is 0 Å². The van der Waals surface area contributed by atoms with Crippen LogP contribution in [0.1, 0.15) is 18.6 Å². The Morgan fingerprint density at radius 2 is 1.78 bits per heavy atom. The van der Waals surface area contributed by atoms with E-state index >= 15 is 0 Å². The number of amides is 1. The summed E-state index contributed by atoms with van der Waals surface area (Å²) in [7, 11) is 3.21. The lowest BCUT2D eigenvalue weighted by molar-refractivity contribution is -0.146. The van der Waals surface area contributed by atoms with Crippen LogP contribution in [0.25, 0.3) is 0 Å². The average Bonchev–Trinajstić information content (AvgIpc) is 2.72. The lowest BCUT2D eigenvalue weighted by Gasteiger charge is -2.38. The lowest BCUT2D eigenvalue weighted by atomic mass is 10.1. The molecule has 2 atom stereocenters. The van der Waals surface area contributed by atoms with Crippen molar-refractivity contribution in [2.75, 3.05) is 34.0 Å². The van der Waals surface area contributed by atoms with Gasteiger partial charge in [-0.2, -0.15) is 0 Å². The fourth-order valence-electron chi connectivity index (χ4n) is 3.08. The van der Waals surface area contributed by atoms with E-state index in [-0.39, 0.29) is 24.7 Å². The van der Waals surface area contributed by atoms with Crippen molar-refractivity contribution >= 4 is 5.91 Å². The third-order valence-electron chi connectivity index (χ3n) is 4.66. The first-order valence-electron chi connectivity index (χ1n) is 8.93. The van der Waals surface area contributed by atoms with Crippen molar-refractivity contribution in [2.24, 2.45) is 0 Å². The summed E-state index contributed by atoms with van der Waals surface area (Å²) in [5.41, 5.74) is 1.02. The smallest absolute Gasteiger partial charge is 0.260 e. The molecule has 27 heavy (non-hydrogen) atoms. The molecule has 1 saturated heterocycles. The SMILES string of the molecule is COc1ccc(C2CN(C(=O)COc3ccccc3OC)C(C)CO2)cc1. The van der Waals surface area contributed by atoms with Crippen LogP contribution in [0.4, 0.5) is 0 Å². The van der Waals surface area contributed by atoms with Crippen LogP contribution in [0.3, 0.4) is 0 Å². The first-order valence-corrected chi connectivity index (χ1v) is 8.93. The number of hydrogen-bond acceptors (Lipinski definition) is 5. The quantitative estimate of drug-likeness (QED) is 0.781. The molecule has 0 aromatic heterocycles. The Morgan fingerprint density at radius 3 is 2.44 bits per heavy atom. The number of rotatable bonds is 6. The fraction of sp³-hybridized carbons (Fsp3) is 0.381. The Labute approximate surface area is 159 Å². The molecule has 1 aliphatic rings. The summed E-state index contributed by atoms with van der Waals surface area (Å²) < 4.78 is 22.1. The highest BCUT2D eigenvalue weighted by molar-refractivity contribution is 5.78. The van der Waals surface area contributed by atoms with E-state index in [1.807, 2.05) is 48.2 Å². The molecule has 2 aromatic rings. The van der Waals surface area contributed by atoms with E-state index in [1.54, 1.807) is 26.4 Å². The van der Waals surface area contributed by atoms with Crippen LogP contribution >= 0.6 is 0 Å². The molecule has 2 unspecified atom stereocenters. The predicted octanol–water partition coefficient (Wildman–Crippen LogP) is 3.07. The third-order valence-corrected chi connectivity index (χ3v) is 4.66. The van der Waals surface area contributed by atoms with Gasteiger partial charge in [0.05, 0.1) is 33.4 Å². The van der Waals surface area contributed by atoms with Gasteiger partial charge in [-0.1, -0.05) is 24.3 Å². The topological polar surface area (TPSA) is 57.2 Å². The molecule has 0 saturated carbocycles. The monoisotopic (exact) mass is 371 g/mol. The summed E-state index contributed by atoms with van der Waals surface area (Å²) in [6, 6.07) is 15.0. The number of methoxy groups -OCH3 is 2. The lowest BCUT2D eigenvalue weighted by Crippen LogP contribution is -2.49. The Kier molecular flexibility index (Phi) is 6.19. The number of ether oxygens (including phenoxy) is 4. The first-order chi connectivity index (χ1) is 13.1. The Bertz CT molecular complexity index is 761. The number of hydrogen-bond donors (Lipinski definition) is 0. The van der Waals surface area contributed by atoms with Gasteiger partial charge in [-0.25, -0.2) is 0 Å². The van der Waals surface area contributed by atoms with Crippen molar-refractivity contribution in [1.82, 2.24) is 4.90 Å². The molecule has 3 rings (SSSR count). The largest absolute Gasteiger partial charge is 0.497 e. The van der Waals surface area contributed by atoms with Crippen LogP contribution in [-0.4, -0.2) is 50.8 Å². The number of carbonyl (C=O) groups excluding carboxylic acids is 1. The summed E-state index contributed by atoms with van der Waals surface area (Å²) in [6.07, 6.45) is -0.165. The van der Waals surface area contributed by atoms with Crippen molar-refractivity contribution < 1.29 is 23.7 Å². The molecule has 0 bridgehead atoms. The van der Waals surface area contributed by atoms with Crippen LogP contribution in [0.15, 0.2) is 48.5 Å². The van der Waals surface area contributed by atoms with E-state index in [0.29, 0.717) is 24.7 Å². The van der Waals surface area contributed by atoms with Gasteiger partial charge in [-0.15, -0.1) is 0 Å². The van der Waals surface area contributed by atoms with Crippen molar-refractivity contribution in [3.63, 3.8) is 0 Å². The molecule has 2 aromatic carbocycles. The molecule has 1 aliphatic heterocycles. The van der Waals surface area contributed by atoms with Gasteiger partial charge in [-0.05, 0) is 36.8 Å². The van der Waals surface area contributed by atoms with Gasteiger partial charge < -0.3 is 23.8 Å². The fourth-order valence-corrected chi connectivity index (χ4v) is 3.08. The summed E-state index contributed by atoms with van der Waals surface area (Å²) in [5, 5.41) is 0. The van der Waals surface area contributed by atoms with Crippen LogP contribution in [0.2, 0.25) is 0 Å². The van der Waals surface area contributed by atoms with Gasteiger partial charge in [0.15, 0.2) is 18.1 Å². The molecular weight excluding hydrogens is 346 g/mol. The van der Waals surface area contributed by atoms with Gasteiger partial charge in [0.2, 0.25) is 0 Å². The molecule has 0 spiro atoms. The zero-order valence-corrected chi connectivity index (χ0v) is 15.9. The maximum atomic E-state index is 12.7. The Hall–Kier alpha value is -2.73. The number of nitrogens with zero attached hydrogens (tertiary/aromatic N) is 1. The van der Waals surface area contributed by atoms with Crippen molar-refractivity contribution in [3.05, 3.63) is 54.1 Å². The molecule has 0 radical (unpaired) electrons. The highest BCUT2D eigenvalue weighted by atomic mass is 16.5. The minimum Gasteiger partial charge on any atom is -0.497 e. The van der Waals surface area contributed by atoms with E-state index in [9.17, 15) is 4.79 Å². The summed E-state index contributed by atoms with van der Waals surface area (Å²) in [6.45, 7) is 2.91. The van der Waals surface area contributed by atoms with Crippen LogP contribution in [0.5, 0.6) is 17.2 Å². The van der Waals surface area contributed by atoms with Crippen LogP contribution < -0.4 is 14.2 Å². The molecule has 1 amide bonds. The van der Waals surface area contributed by atoms with Gasteiger partial charge >= 0.3 is 0 Å². The predicted molar refractivity (Wildman–Crippen MR) is 101 cm³/mol. The second-order valence-electron chi connectivity index (χ2n) is 6.43. The standard InChI is InChI=1S/C21H25NO5/c1-15-13-26-20(16-8-10-17(24-2)11-9-16)12-22(15)21(23)14-27-19-7-5-4-6-18(19)25-3/h4-11,15,20H,12-14H2,1-3H3. The minimum atomic E-state index is -0.165. The summed E-state index contributed by atoms with van der Waals surface area (Å²) in [5.74, 6) is 1.88. The molecular formula is C21H25NO5. The van der Waals surface area contributed by atoms with E-state index in [1.165, 1.54) is 0 Å². The number of benzene rings is 2. The Morgan fingerprint density at radius 1 is 1.07 bits per heavy atom. The summed E-state index contributed by atoms with van der Waals surface area (Å²) >= 11 is 0. The molecule has 1 heterocycles. The Balaban J connectivity index is 1.64. The second-order valence-corrected chi connectivity index (χ2v) is 6.43. The maximum Gasteiger partial charge on any atom is 0.260 e. The van der Waals surface area contributed by atoms with Crippen LogP contribution in [-0.2, 0) is 9.53 Å². The number of carbonyl (C=O) groups is 1. The molecule has 0 aliphatic carbocycles. The van der Waals surface area contributed by atoms with E-state index < -0.39 is 0 Å². The maximum absolute atomic E-state index is 12.7. The normalized spacial score (nSPS) is 19.4. The first kappa shape index (κ1) is 19.0. The van der Waals surface area contributed by atoms with E-state index in [0.717, 1.165) is 11.3 Å². The third kappa shape index (κ3) is 4.52. The number of morpholine rings is 1. The van der Waals surface area contributed by atoms with Crippen molar-refractivity contribution in [2.45, 2.75) is 19.1 Å². The molecule has 6 nitrogen and oxygen atoms in total. The number of para-hydroxylation sites is 2. The van der Waals surface area contributed by atoms with Gasteiger partial charge in [0, 0.05) is 0 Å². The van der Waals surface area contributed by atoms with E-state index in [4.69, 9.17) is 18.9 Å². The molecule has 1 fully saturated rings. The van der Waals surface area contributed by atoms with Gasteiger partial charge in [-0.3, -0.25) is 4.79 Å². The van der Waals surface area contributed by atoms with E-state index in [2.05, 4.69) is 0 Å². The summed E-state index contributed by atoms with van der Waals surface area (Å²) in [4.78, 5) is 14.6. The van der Waals surface area contributed by atoms with Gasteiger partial charge in [0.1, 0.15) is 11.9 Å². The van der Waals surface area contributed by atoms with Crippen molar-refractivity contribution in [3.8, 4) is 17.2 Å². The minimum absolute atomic E-state index is 0.00623. The van der Waals surface area contributed by atoms with Crippen molar-refractivity contribution in [1.29, 1.82) is 0 Å². The second kappa shape index (κ2) is 8.77. The average molecular weight is 371 g/mol. The highest BCUT2D eigenvalue weighted by Crippen LogP contribution is 2.28. The molecule has 144 valence electrons. The zero-order valence-electron chi connectivity index (χ0n) is 15.9. The molecule has 0 N–H and O–H groups in total. The van der Waals surface area contributed by atoms with Gasteiger partial charge in [0.25, 0.3) is 5.91 Å². The highest BCUT2D eigenvalue weighted by Gasteiger charge is 2.30.